The fourth-order valence-electron chi connectivity index (χ4n) is 3.32. The van der Waals surface area contributed by atoms with Gasteiger partial charge >= 0.3 is 6.09 Å². The first-order valence-electron chi connectivity index (χ1n) is 11.7. The van der Waals surface area contributed by atoms with Crippen molar-refractivity contribution in [3.8, 4) is 0 Å². The van der Waals surface area contributed by atoms with Crippen molar-refractivity contribution < 1.29 is 19.1 Å². The first kappa shape index (κ1) is 28.8. The number of rotatable bonds is 11. The molecule has 1 rings (SSSR count). The van der Waals surface area contributed by atoms with Gasteiger partial charge in [-0.15, -0.1) is 0 Å². The third-order valence-electron chi connectivity index (χ3n) is 4.84. The highest BCUT2D eigenvalue weighted by Crippen LogP contribution is 2.24. The molecule has 2 N–H and O–H groups in total. The van der Waals surface area contributed by atoms with E-state index in [0.717, 1.165) is 30.4 Å². The van der Waals surface area contributed by atoms with Crippen molar-refractivity contribution in [2.75, 3.05) is 12.3 Å². The van der Waals surface area contributed by atoms with Gasteiger partial charge in [0.1, 0.15) is 17.7 Å². The molecular weight excluding hydrogens is 438 g/mol. The van der Waals surface area contributed by atoms with E-state index in [4.69, 9.17) is 4.74 Å². The molecule has 8 heteroatoms. The molecule has 1 aromatic carbocycles. The smallest absolute Gasteiger partial charge is 0.408 e. The van der Waals surface area contributed by atoms with Crippen molar-refractivity contribution >= 4 is 30.5 Å². The van der Waals surface area contributed by atoms with Crippen LogP contribution in [0.3, 0.4) is 0 Å². The van der Waals surface area contributed by atoms with Crippen LogP contribution in [0.25, 0.3) is 0 Å². The van der Waals surface area contributed by atoms with Crippen LogP contribution < -0.4 is 10.6 Å². The topological polar surface area (TPSA) is 87.7 Å². The molecule has 186 valence electrons. The van der Waals surface area contributed by atoms with Crippen LogP contribution in [-0.4, -0.2) is 52.8 Å². The molecular formula is C25H41N3O4S. The van der Waals surface area contributed by atoms with Crippen molar-refractivity contribution in [1.82, 2.24) is 15.5 Å². The van der Waals surface area contributed by atoms with Gasteiger partial charge in [0.25, 0.3) is 0 Å². The van der Waals surface area contributed by atoms with Crippen LogP contribution in [0.15, 0.2) is 24.3 Å². The van der Waals surface area contributed by atoms with Crippen LogP contribution in [0.1, 0.15) is 78.0 Å². The number of aryl methyl sites for hydroxylation is 1. The van der Waals surface area contributed by atoms with Gasteiger partial charge in [-0.2, -0.15) is 12.6 Å². The quantitative estimate of drug-likeness (QED) is 0.324. The minimum absolute atomic E-state index is 0.0781. The highest BCUT2D eigenvalue weighted by atomic mass is 32.1. The zero-order chi connectivity index (χ0) is 25.2. The van der Waals surface area contributed by atoms with Gasteiger partial charge in [-0.05, 0) is 53.5 Å². The Morgan fingerprint density at radius 3 is 2.15 bits per heavy atom. The maximum Gasteiger partial charge on any atom is 0.408 e. The number of unbranched alkanes of at least 4 members (excludes halogenated alkanes) is 2. The van der Waals surface area contributed by atoms with Gasteiger partial charge in [-0.25, -0.2) is 4.79 Å². The van der Waals surface area contributed by atoms with E-state index < -0.39 is 23.8 Å². The summed E-state index contributed by atoms with van der Waals surface area (Å²) in [7, 11) is 0. The van der Waals surface area contributed by atoms with E-state index in [2.05, 4.69) is 30.2 Å². The normalized spacial score (nSPS) is 13.2. The molecule has 33 heavy (non-hydrogen) atoms. The van der Waals surface area contributed by atoms with E-state index in [9.17, 15) is 14.4 Å². The Kier molecular flexibility index (Phi) is 11.8. The maximum absolute atomic E-state index is 13.7. The molecule has 0 spiro atoms. The third-order valence-corrected chi connectivity index (χ3v) is 5.21. The summed E-state index contributed by atoms with van der Waals surface area (Å²) in [6.45, 7) is 13.5. The predicted octanol–water partition coefficient (Wildman–Crippen LogP) is 4.40. The summed E-state index contributed by atoms with van der Waals surface area (Å²) in [4.78, 5) is 40.9. The van der Waals surface area contributed by atoms with Gasteiger partial charge in [0.15, 0.2) is 0 Å². The van der Waals surface area contributed by atoms with Crippen LogP contribution in [0.5, 0.6) is 0 Å². The number of carbonyl (C=O) groups is 3. The second kappa shape index (κ2) is 13.5. The summed E-state index contributed by atoms with van der Waals surface area (Å²) in [5.41, 5.74) is 1.08. The molecule has 2 unspecified atom stereocenters. The standard InChI is InChI=1S/C25H41N3O4S/c1-8-9-10-15-28(23(30)20(16-33)27-24(31)32-25(5,6)7)21(22(29)26-17(2)3)19-13-11-18(4)12-14-19/h11-14,17,20-21,33H,8-10,15-16H2,1-7H3,(H,26,29)(H,27,31). The SMILES string of the molecule is CCCCCN(C(=O)C(CS)NC(=O)OC(C)(C)C)C(C(=O)NC(C)C)c1ccc(C)cc1. The van der Waals surface area contributed by atoms with Gasteiger partial charge in [0, 0.05) is 18.3 Å². The van der Waals surface area contributed by atoms with E-state index in [1.165, 1.54) is 0 Å². The Morgan fingerprint density at radius 1 is 1.06 bits per heavy atom. The molecule has 0 bridgehead atoms. The van der Waals surface area contributed by atoms with Gasteiger partial charge in [-0.3, -0.25) is 9.59 Å². The molecule has 0 saturated carbocycles. The lowest BCUT2D eigenvalue weighted by Crippen LogP contribution is -2.54. The molecule has 0 aliphatic rings. The number of carbonyl (C=O) groups excluding carboxylic acids is 3. The molecule has 0 saturated heterocycles. The first-order valence-corrected chi connectivity index (χ1v) is 12.3. The number of thiol groups is 1. The monoisotopic (exact) mass is 479 g/mol. The number of nitrogens with one attached hydrogen (secondary N) is 2. The second-order valence-electron chi connectivity index (χ2n) is 9.60. The lowest BCUT2D eigenvalue weighted by atomic mass is 10.0. The lowest BCUT2D eigenvalue weighted by Gasteiger charge is -2.34. The molecule has 0 radical (unpaired) electrons. The Morgan fingerprint density at radius 2 is 1.67 bits per heavy atom. The molecule has 0 aromatic heterocycles. The highest BCUT2D eigenvalue weighted by molar-refractivity contribution is 7.80. The number of hydrogen-bond donors (Lipinski definition) is 3. The highest BCUT2D eigenvalue weighted by Gasteiger charge is 2.35. The fraction of sp³-hybridized carbons (Fsp3) is 0.640. The van der Waals surface area contributed by atoms with Crippen LogP contribution in [0.2, 0.25) is 0 Å². The van der Waals surface area contributed by atoms with Crippen molar-refractivity contribution in [2.24, 2.45) is 0 Å². The van der Waals surface area contributed by atoms with E-state index in [-0.39, 0.29) is 23.6 Å². The molecule has 7 nitrogen and oxygen atoms in total. The van der Waals surface area contributed by atoms with Crippen molar-refractivity contribution in [1.29, 1.82) is 0 Å². The Labute approximate surface area is 204 Å². The summed E-state index contributed by atoms with van der Waals surface area (Å²) < 4.78 is 5.32. The first-order chi connectivity index (χ1) is 15.4. The van der Waals surface area contributed by atoms with Crippen LogP contribution in [0, 0.1) is 6.92 Å². The predicted molar refractivity (Wildman–Crippen MR) is 135 cm³/mol. The van der Waals surface area contributed by atoms with Crippen molar-refractivity contribution in [3.63, 3.8) is 0 Å². The van der Waals surface area contributed by atoms with Crippen LogP contribution in [-0.2, 0) is 14.3 Å². The zero-order valence-electron chi connectivity index (χ0n) is 21.1. The minimum Gasteiger partial charge on any atom is -0.444 e. The van der Waals surface area contributed by atoms with Gasteiger partial charge in [-0.1, -0.05) is 49.6 Å². The van der Waals surface area contributed by atoms with Crippen LogP contribution >= 0.6 is 12.6 Å². The lowest BCUT2D eigenvalue weighted by molar-refractivity contribution is -0.142. The second-order valence-corrected chi connectivity index (χ2v) is 9.96. The summed E-state index contributed by atoms with van der Waals surface area (Å²) in [5, 5.41) is 5.58. The molecule has 1 aromatic rings. The largest absolute Gasteiger partial charge is 0.444 e. The third kappa shape index (κ3) is 10.1. The average molecular weight is 480 g/mol. The number of alkyl carbamates (subject to hydrolysis) is 1. The van der Waals surface area contributed by atoms with Crippen molar-refractivity contribution in [3.05, 3.63) is 35.4 Å². The number of amides is 3. The number of ether oxygens (including phenoxy) is 1. The van der Waals surface area contributed by atoms with Crippen LogP contribution in [0.4, 0.5) is 4.79 Å². The average Bonchev–Trinajstić information content (AvgIpc) is 2.70. The number of benzene rings is 1. The van der Waals surface area contributed by atoms with E-state index in [1.807, 2.05) is 45.0 Å². The zero-order valence-corrected chi connectivity index (χ0v) is 22.0. The minimum atomic E-state index is -0.926. The molecule has 0 fully saturated rings. The molecule has 0 aliphatic carbocycles. The number of hydrogen-bond acceptors (Lipinski definition) is 5. The van der Waals surface area contributed by atoms with Gasteiger partial charge < -0.3 is 20.3 Å². The maximum atomic E-state index is 13.7. The summed E-state index contributed by atoms with van der Waals surface area (Å²) in [5.74, 6) is -0.542. The Bertz CT molecular complexity index is 775. The summed E-state index contributed by atoms with van der Waals surface area (Å²) in [6, 6.07) is 5.76. The molecule has 3 amide bonds. The molecule has 2 atom stereocenters. The summed E-state index contributed by atoms with van der Waals surface area (Å²) >= 11 is 4.30. The van der Waals surface area contributed by atoms with Gasteiger partial charge in [0.05, 0.1) is 0 Å². The van der Waals surface area contributed by atoms with Gasteiger partial charge in [0.2, 0.25) is 11.8 Å². The Balaban J connectivity index is 3.33. The van der Waals surface area contributed by atoms with Crippen molar-refractivity contribution in [2.45, 2.75) is 91.5 Å². The van der Waals surface area contributed by atoms with E-state index in [1.54, 1.807) is 25.7 Å². The molecule has 0 aliphatic heterocycles. The number of nitrogens with zero attached hydrogens (tertiary/aromatic N) is 1. The Hall–Kier alpha value is -2.22. The summed E-state index contributed by atoms with van der Waals surface area (Å²) in [6.07, 6.45) is 1.94. The molecule has 0 heterocycles. The van der Waals surface area contributed by atoms with E-state index >= 15 is 0 Å². The van der Waals surface area contributed by atoms with E-state index in [0.29, 0.717) is 6.54 Å². The fourth-order valence-corrected chi connectivity index (χ4v) is 3.57.